The van der Waals surface area contributed by atoms with Gasteiger partial charge >= 0.3 is 5.97 Å². The van der Waals surface area contributed by atoms with E-state index in [0.29, 0.717) is 5.92 Å². The van der Waals surface area contributed by atoms with E-state index in [2.05, 4.69) is 54.4 Å². The Morgan fingerprint density at radius 2 is 1.73 bits per heavy atom. The Balaban J connectivity index is 1.69. The number of carboxylic acid groups (broad SMARTS) is 1. The smallest absolute Gasteiger partial charge is 0.327 e. The van der Waals surface area contributed by atoms with Gasteiger partial charge in [0.2, 0.25) is 0 Å². The van der Waals surface area contributed by atoms with Gasteiger partial charge in [-0.15, -0.1) is 0 Å². The molecule has 0 aliphatic rings. The number of benzene rings is 2. The van der Waals surface area contributed by atoms with Crippen LogP contribution in [0.1, 0.15) is 76.2 Å². The number of aliphatic carboxylic acids is 1. The summed E-state index contributed by atoms with van der Waals surface area (Å²) in [5, 5.41) is 16.4. The Morgan fingerprint density at radius 1 is 0.939 bits per heavy atom. The van der Waals surface area contributed by atoms with Crippen LogP contribution < -0.4 is 0 Å². The number of nitrogens with one attached hydrogen (secondary N) is 1. The number of carboxylic acids is 1. The minimum absolute atomic E-state index is 0.160. The molecular weight excluding hydrogens is 408 g/mol. The lowest BCUT2D eigenvalue weighted by Crippen LogP contribution is -2.08. The van der Waals surface area contributed by atoms with Gasteiger partial charge in [-0.3, -0.25) is 0 Å². The molecule has 0 aliphatic heterocycles. The van der Waals surface area contributed by atoms with E-state index in [1.54, 1.807) is 6.08 Å². The van der Waals surface area contributed by atoms with Crippen molar-refractivity contribution >= 4 is 22.6 Å². The molecule has 2 aromatic carbocycles. The summed E-state index contributed by atoms with van der Waals surface area (Å²) >= 11 is 0. The second-order valence-electron chi connectivity index (χ2n) is 8.89. The van der Waals surface area contributed by atoms with Crippen molar-refractivity contribution in [3.8, 4) is 0 Å². The first-order valence-electron chi connectivity index (χ1n) is 12.4. The van der Waals surface area contributed by atoms with Crippen molar-refractivity contribution in [3.63, 3.8) is 0 Å². The van der Waals surface area contributed by atoms with Gasteiger partial charge in [0.1, 0.15) is 0 Å². The molecule has 0 radical (unpaired) electrons. The highest BCUT2D eigenvalue weighted by Gasteiger charge is 2.14. The first kappa shape index (κ1) is 24.6. The quantitative estimate of drug-likeness (QED) is 0.182. The zero-order valence-electron chi connectivity index (χ0n) is 19.7. The number of rotatable bonds is 15. The summed E-state index contributed by atoms with van der Waals surface area (Å²) in [4.78, 5) is 14.2. The lowest BCUT2D eigenvalue weighted by atomic mass is 9.86. The molecular formula is C29H37N2O2-. The van der Waals surface area contributed by atoms with Gasteiger partial charge in [0, 0.05) is 6.08 Å². The third kappa shape index (κ3) is 8.45. The van der Waals surface area contributed by atoms with Crippen molar-refractivity contribution in [1.29, 1.82) is 0 Å². The molecule has 0 aliphatic carbocycles. The maximum atomic E-state index is 11.1. The fraction of sp³-hybridized carbons (Fsp3) is 0.414. The fourth-order valence-electron chi connectivity index (χ4n) is 4.46. The number of hydrogen-bond donors (Lipinski definition) is 2. The Hall–Kier alpha value is -3.01. The van der Waals surface area contributed by atoms with E-state index in [4.69, 9.17) is 10.4 Å². The molecule has 2 atom stereocenters. The summed E-state index contributed by atoms with van der Waals surface area (Å²) < 4.78 is 0. The number of aromatic amines is 1. The number of nitrogens with zero attached hydrogens (tertiary/aromatic N) is 1. The first-order valence-corrected chi connectivity index (χ1v) is 12.4. The Kier molecular flexibility index (Phi) is 10.1. The standard InChI is InChI=1S/C29H37N2O2/c1-2-3-4-5-6-7-11-24(26-16-15-23-12-8-9-13-25(23)22-26)17-18-27(19-20-29(32)33)31-28-14-10-21-30-28/h8-10,12-16,19-22,24,27,30H,2-7,11,17-18H2,1H3,(H,32,33)/q-1. The number of aromatic nitrogens is 1. The van der Waals surface area contributed by atoms with Crippen LogP contribution in [-0.4, -0.2) is 22.1 Å². The number of unbranched alkanes of at least 4 members (excludes halogenated alkanes) is 5. The second kappa shape index (κ2) is 13.5. The third-order valence-electron chi connectivity index (χ3n) is 6.31. The number of fused-ring (bicyclic) bond motifs is 1. The molecule has 33 heavy (non-hydrogen) atoms. The molecule has 0 amide bonds. The minimum atomic E-state index is -0.931. The van der Waals surface area contributed by atoms with Gasteiger partial charge in [0.15, 0.2) is 0 Å². The molecule has 0 saturated heterocycles. The number of carbonyl (C=O) groups is 1. The molecule has 3 rings (SSSR count). The van der Waals surface area contributed by atoms with E-state index in [9.17, 15) is 4.79 Å². The molecule has 3 aromatic rings. The summed E-state index contributed by atoms with van der Waals surface area (Å²) in [6.07, 6.45) is 15.5. The molecule has 176 valence electrons. The molecule has 4 nitrogen and oxygen atoms in total. The molecule has 2 unspecified atom stereocenters. The lowest BCUT2D eigenvalue weighted by molar-refractivity contribution is -0.131. The second-order valence-corrected chi connectivity index (χ2v) is 8.89. The van der Waals surface area contributed by atoms with Crippen molar-refractivity contribution in [3.05, 3.63) is 83.8 Å². The van der Waals surface area contributed by atoms with Gasteiger partial charge in [0.05, 0.1) is 0 Å². The van der Waals surface area contributed by atoms with Crippen molar-refractivity contribution in [1.82, 2.24) is 4.98 Å². The van der Waals surface area contributed by atoms with E-state index >= 15 is 0 Å². The maximum Gasteiger partial charge on any atom is 0.327 e. The third-order valence-corrected chi connectivity index (χ3v) is 6.31. The van der Waals surface area contributed by atoms with E-state index in [0.717, 1.165) is 25.1 Å². The van der Waals surface area contributed by atoms with Gasteiger partial charge in [0.25, 0.3) is 0 Å². The zero-order valence-corrected chi connectivity index (χ0v) is 19.7. The summed E-state index contributed by atoms with van der Waals surface area (Å²) in [5.41, 5.74) is 1.38. The van der Waals surface area contributed by atoms with Crippen LogP contribution in [0.2, 0.25) is 0 Å². The summed E-state index contributed by atoms with van der Waals surface area (Å²) in [6, 6.07) is 19.0. The highest BCUT2D eigenvalue weighted by atomic mass is 16.4. The van der Waals surface area contributed by atoms with Crippen molar-refractivity contribution < 1.29 is 9.90 Å². The summed E-state index contributed by atoms with van der Waals surface area (Å²) in [7, 11) is 0. The number of hydrogen-bond acceptors (Lipinski definition) is 1. The number of H-pyrrole nitrogens is 1. The molecule has 1 heterocycles. The van der Waals surface area contributed by atoms with E-state index < -0.39 is 5.97 Å². The molecule has 1 aromatic heterocycles. The van der Waals surface area contributed by atoms with Crippen molar-refractivity contribution in [2.75, 3.05) is 0 Å². The van der Waals surface area contributed by atoms with Crippen molar-refractivity contribution in [2.24, 2.45) is 0 Å². The fourth-order valence-corrected chi connectivity index (χ4v) is 4.46. The first-order chi connectivity index (χ1) is 16.2. The highest BCUT2D eigenvalue weighted by Crippen LogP contribution is 2.33. The van der Waals surface area contributed by atoms with Crippen LogP contribution in [0.4, 0.5) is 5.82 Å². The maximum absolute atomic E-state index is 11.1. The summed E-state index contributed by atoms with van der Waals surface area (Å²) in [5.74, 6) is 0.299. The van der Waals surface area contributed by atoms with Gasteiger partial charge in [-0.05, 0) is 47.6 Å². The Labute approximate surface area is 198 Å². The molecule has 4 heteroatoms. The predicted octanol–water partition coefficient (Wildman–Crippen LogP) is 8.50. The average Bonchev–Trinajstić information content (AvgIpc) is 3.34. The lowest BCUT2D eigenvalue weighted by Gasteiger charge is -2.25. The highest BCUT2D eigenvalue weighted by molar-refractivity contribution is 5.83. The Morgan fingerprint density at radius 3 is 2.48 bits per heavy atom. The van der Waals surface area contributed by atoms with E-state index in [1.807, 2.05) is 18.3 Å². The van der Waals surface area contributed by atoms with Crippen LogP contribution in [-0.2, 0) is 4.79 Å². The van der Waals surface area contributed by atoms with Crippen molar-refractivity contribution in [2.45, 2.75) is 76.7 Å². The molecule has 2 N–H and O–H groups in total. The normalized spacial score (nSPS) is 13.4. The van der Waals surface area contributed by atoms with Crippen LogP contribution in [0.15, 0.2) is 72.9 Å². The monoisotopic (exact) mass is 445 g/mol. The van der Waals surface area contributed by atoms with Crippen LogP contribution in [0, 0.1) is 0 Å². The predicted molar refractivity (Wildman–Crippen MR) is 138 cm³/mol. The Bertz CT molecular complexity index is 994. The molecule has 0 bridgehead atoms. The summed E-state index contributed by atoms with van der Waals surface area (Å²) in [6.45, 7) is 2.25. The van der Waals surface area contributed by atoms with Crippen LogP contribution >= 0.6 is 0 Å². The molecule has 0 saturated carbocycles. The SMILES string of the molecule is CCCCCCCCC(CCC(C=CC(=O)O)[N-]c1ccc[nH]1)c1ccc2ccccc2c1. The average molecular weight is 446 g/mol. The van der Waals surface area contributed by atoms with E-state index in [1.165, 1.54) is 60.9 Å². The van der Waals surface area contributed by atoms with Crippen LogP contribution in [0.5, 0.6) is 0 Å². The van der Waals surface area contributed by atoms with E-state index in [-0.39, 0.29) is 6.04 Å². The van der Waals surface area contributed by atoms with Gasteiger partial charge in [-0.1, -0.05) is 118 Å². The zero-order chi connectivity index (χ0) is 23.3. The largest absolute Gasteiger partial charge is 0.478 e. The van der Waals surface area contributed by atoms with Gasteiger partial charge < -0.3 is 15.4 Å². The topological polar surface area (TPSA) is 67.2 Å². The minimum Gasteiger partial charge on any atom is -0.478 e. The van der Waals surface area contributed by atoms with Gasteiger partial charge in [-0.25, -0.2) is 4.79 Å². The molecule has 0 spiro atoms. The van der Waals surface area contributed by atoms with Crippen LogP contribution in [0.25, 0.3) is 16.1 Å². The van der Waals surface area contributed by atoms with Crippen LogP contribution in [0.3, 0.4) is 0 Å². The molecule has 0 fully saturated rings. The van der Waals surface area contributed by atoms with Gasteiger partial charge in [-0.2, -0.15) is 0 Å².